The molecule has 1 amide bonds. The Balaban J connectivity index is 2.02. The minimum absolute atomic E-state index is 0.159. The summed E-state index contributed by atoms with van der Waals surface area (Å²) >= 11 is 0. The van der Waals surface area contributed by atoms with E-state index in [0.29, 0.717) is 5.56 Å². The van der Waals surface area contributed by atoms with Crippen LogP contribution < -0.4 is 10.8 Å². The largest absolute Gasteiger partial charge is 0.495 e. The second-order valence-corrected chi connectivity index (χ2v) is 6.30. The third-order valence-electron chi connectivity index (χ3n) is 4.41. The topological polar surface area (TPSA) is 47.6 Å². The molecular formula is C14H17BFNO3. The van der Waals surface area contributed by atoms with Gasteiger partial charge in [0.1, 0.15) is 5.82 Å². The van der Waals surface area contributed by atoms with Gasteiger partial charge in [0.25, 0.3) is 0 Å². The van der Waals surface area contributed by atoms with Crippen molar-refractivity contribution in [2.75, 3.05) is 5.32 Å². The van der Waals surface area contributed by atoms with Crippen LogP contribution in [-0.4, -0.2) is 24.2 Å². The molecule has 0 aliphatic carbocycles. The molecule has 106 valence electrons. The average Bonchev–Trinajstić information content (AvgIpc) is 2.78. The Morgan fingerprint density at radius 3 is 2.40 bits per heavy atom. The first-order valence-corrected chi connectivity index (χ1v) is 6.68. The summed E-state index contributed by atoms with van der Waals surface area (Å²) < 4.78 is 25.7. The molecule has 2 aliphatic heterocycles. The Hall–Kier alpha value is -1.40. The van der Waals surface area contributed by atoms with Gasteiger partial charge in [0.15, 0.2) is 0 Å². The number of anilines is 1. The molecule has 0 saturated carbocycles. The lowest BCUT2D eigenvalue weighted by Crippen LogP contribution is -2.41. The first-order chi connectivity index (χ1) is 9.21. The zero-order valence-corrected chi connectivity index (χ0v) is 12.0. The summed E-state index contributed by atoms with van der Waals surface area (Å²) in [6, 6.07) is 2.97. The molecule has 1 N–H and O–H groups in total. The molecule has 2 aliphatic rings. The number of carbonyl (C=O) groups is 1. The van der Waals surface area contributed by atoms with E-state index in [1.165, 1.54) is 6.07 Å². The van der Waals surface area contributed by atoms with Gasteiger partial charge in [-0.25, -0.2) is 4.39 Å². The number of halogens is 1. The van der Waals surface area contributed by atoms with Crippen LogP contribution in [-0.2, 0) is 20.5 Å². The number of nitrogens with one attached hydrogen (secondary N) is 1. The van der Waals surface area contributed by atoms with Gasteiger partial charge in [-0.3, -0.25) is 4.79 Å². The number of hydrogen-bond acceptors (Lipinski definition) is 3. The summed E-state index contributed by atoms with van der Waals surface area (Å²) in [4.78, 5) is 11.5. The number of rotatable bonds is 1. The summed E-state index contributed by atoms with van der Waals surface area (Å²) in [5, 5.41) is 2.55. The van der Waals surface area contributed by atoms with Gasteiger partial charge in [-0.15, -0.1) is 0 Å². The fourth-order valence-corrected chi connectivity index (χ4v) is 2.50. The molecule has 0 radical (unpaired) electrons. The van der Waals surface area contributed by atoms with E-state index in [-0.39, 0.29) is 18.0 Å². The molecule has 0 atom stereocenters. The normalized spacial score (nSPS) is 22.9. The molecule has 0 spiro atoms. The van der Waals surface area contributed by atoms with Crippen molar-refractivity contribution < 1.29 is 18.5 Å². The second-order valence-electron chi connectivity index (χ2n) is 6.30. The fraction of sp³-hybridized carbons (Fsp3) is 0.500. The molecule has 4 nitrogen and oxygen atoms in total. The maximum Gasteiger partial charge on any atom is 0.495 e. The van der Waals surface area contributed by atoms with Gasteiger partial charge in [-0.2, -0.15) is 0 Å². The smallest absolute Gasteiger partial charge is 0.399 e. The lowest BCUT2D eigenvalue weighted by atomic mass is 9.75. The van der Waals surface area contributed by atoms with Crippen LogP contribution in [0.25, 0.3) is 0 Å². The van der Waals surface area contributed by atoms with Crippen molar-refractivity contribution in [1.29, 1.82) is 0 Å². The minimum atomic E-state index is -0.581. The van der Waals surface area contributed by atoms with E-state index in [1.54, 1.807) is 6.07 Å². The quantitative estimate of drug-likeness (QED) is 0.793. The highest BCUT2D eigenvalue weighted by molar-refractivity contribution is 6.63. The average molecular weight is 277 g/mol. The van der Waals surface area contributed by atoms with Crippen LogP contribution in [0.2, 0.25) is 0 Å². The highest BCUT2D eigenvalue weighted by atomic mass is 19.1. The third kappa shape index (κ3) is 1.86. The maximum absolute atomic E-state index is 13.7. The number of benzene rings is 1. The summed E-state index contributed by atoms with van der Waals surface area (Å²) in [6.07, 6.45) is 0.159. The standard InChI is InChI=1S/C14H17BFNO3/c1-13(2)14(3,4)20-15(19-13)9-5-6-10(16)12-8(9)7-11(18)17-12/h5-6H,7H2,1-4H3,(H,17,18). The van der Waals surface area contributed by atoms with E-state index < -0.39 is 24.1 Å². The zero-order chi connectivity index (χ0) is 14.7. The first-order valence-electron chi connectivity index (χ1n) is 6.68. The van der Waals surface area contributed by atoms with Crippen molar-refractivity contribution in [2.24, 2.45) is 0 Å². The number of fused-ring (bicyclic) bond motifs is 1. The lowest BCUT2D eigenvalue weighted by molar-refractivity contribution is -0.115. The lowest BCUT2D eigenvalue weighted by Gasteiger charge is -2.32. The van der Waals surface area contributed by atoms with Gasteiger partial charge in [-0.05, 0) is 44.8 Å². The van der Waals surface area contributed by atoms with Crippen LogP contribution in [0.15, 0.2) is 12.1 Å². The Bertz CT molecular complexity index is 584. The Labute approximate surface area is 117 Å². The van der Waals surface area contributed by atoms with Crippen LogP contribution >= 0.6 is 0 Å². The van der Waals surface area contributed by atoms with Gasteiger partial charge in [-0.1, -0.05) is 6.07 Å². The third-order valence-corrected chi connectivity index (χ3v) is 4.41. The fourth-order valence-electron chi connectivity index (χ4n) is 2.50. The SMILES string of the molecule is CC1(C)OB(c2ccc(F)c3c2CC(=O)N3)OC1(C)C. The molecule has 6 heteroatoms. The van der Waals surface area contributed by atoms with Crippen molar-refractivity contribution in [1.82, 2.24) is 0 Å². The van der Waals surface area contributed by atoms with E-state index in [4.69, 9.17) is 9.31 Å². The summed E-state index contributed by atoms with van der Waals surface area (Å²) in [7, 11) is -0.581. The number of amides is 1. The predicted molar refractivity (Wildman–Crippen MR) is 74.4 cm³/mol. The minimum Gasteiger partial charge on any atom is -0.399 e. The zero-order valence-electron chi connectivity index (χ0n) is 12.0. The Morgan fingerprint density at radius 1 is 1.20 bits per heavy atom. The van der Waals surface area contributed by atoms with Crippen molar-refractivity contribution in [3.8, 4) is 0 Å². The summed E-state index contributed by atoms with van der Waals surface area (Å²) in [5.74, 6) is -0.631. The van der Waals surface area contributed by atoms with Gasteiger partial charge in [0.05, 0.1) is 23.3 Å². The molecule has 1 saturated heterocycles. The van der Waals surface area contributed by atoms with E-state index in [2.05, 4.69) is 5.32 Å². The molecular weight excluding hydrogens is 260 g/mol. The van der Waals surface area contributed by atoms with Gasteiger partial charge >= 0.3 is 7.12 Å². The second kappa shape index (κ2) is 4.05. The highest BCUT2D eigenvalue weighted by Gasteiger charge is 2.52. The molecule has 20 heavy (non-hydrogen) atoms. The van der Waals surface area contributed by atoms with Gasteiger partial charge < -0.3 is 14.6 Å². The summed E-state index contributed by atoms with van der Waals surface area (Å²) in [6.45, 7) is 7.83. The van der Waals surface area contributed by atoms with Gasteiger partial charge in [0.2, 0.25) is 5.91 Å². The number of hydrogen-bond donors (Lipinski definition) is 1. The number of carbonyl (C=O) groups excluding carboxylic acids is 1. The van der Waals surface area contributed by atoms with Crippen molar-refractivity contribution >= 4 is 24.2 Å². The molecule has 0 bridgehead atoms. The Kier molecular flexibility index (Phi) is 2.75. The monoisotopic (exact) mass is 277 g/mol. The highest BCUT2D eigenvalue weighted by Crippen LogP contribution is 2.37. The molecule has 1 fully saturated rings. The summed E-state index contributed by atoms with van der Waals surface area (Å²) in [5.41, 5.74) is 0.679. The van der Waals surface area contributed by atoms with Crippen LogP contribution in [0.5, 0.6) is 0 Å². The van der Waals surface area contributed by atoms with E-state index in [0.717, 1.165) is 5.46 Å². The van der Waals surface area contributed by atoms with E-state index >= 15 is 0 Å². The first kappa shape index (κ1) is 13.6. The van der Waals surface area contributed by atoms with E-state index in [1.807, 2.05) is 27.7 Å². The molecule has 1 aromatic rings. The molecule has 3 rings (SSSR count). The molecule has 1 aromatic carbocycles. The maximum atomic E-state index is 13.7. The van der Waals surface area contributed by atoms with Crippen LogP contribution in [0.3, 0.4) is 0 Å². The predicted octanol–water partition coefficient (Wildman–Crippen LogP) is 1.62. The van der Waals surface area contributed by atoms with Crippen molar-refractivity contribution in [2.45, 2.75) is 45.3 Å². The van der Waals surface area contributed by atoms with Crippen molar-refractivity contribution in [3.05, 3.63) is 23.5 Å². The molecule has 0 aromatic heterocycles. The molecule has 0 unspecified atom stereocenters. The van der Waals surface area contributed by atoms with Crippen LogP contribution in [0.1, 0.15) is 33.3 Å². The van der Waals surface area contributed by atoms with Crippen LogP contribution in [0.4, 0.5) is 10.1 Å². The molecule has 2 heterocycles. The van der Waals surface area contributed by atoms with E-state index in [9.17, 15) is 9.18 Å². The van der Waals surface area contributed by atoms with Crippen LogP contribution in [0, 0.1) is 5.82 Å². The Morgan fingerprint density at radius 2 is 1.80 bits per heavy atom. The van der Waals surface area contributed by atoms with Crippen molar-refractivity contribution in [3.63, 3.8) is 0 Å². The van der Waals surface area contributed by atoms with Gasteiger partial charge in [0, 0.05) is 0 Å².